The summed E-state index contributed by atoms with van der Waals surface area (Å²) in [4.78, 5) is 27.4. The molecule has 3 aromatic rings. The number of benzene rings is 3. The molecule has 0 saturated carbocycles. The van der Waals surface area contributed by atoms with Crippen molar-refractivity contribution in [3.05, 3.63) is 100 Å². The van der Waals surface area contributed by atoms with E-state index in [9.17, 15) is 19.1 Å². The van der Waals surface area contributed by atoms with Crippen molar-refractivity contribution in [3.8, 4) is 5.75 Å². The monoisotopic (exact) mass is 451 g/mol. The number of rotatable bonds is 5. The highest BCUT2D eigenvalue weighted by Gasteiger charge is 2.46. The number of carbonyl (C=O) groups excluding carboxylic acids is 2. The van der Waals surface area contributed by atoms with Gasteiger partial charge in [-0.2, -0.15) is 0 Å². The van der Waals surface area contributed by atoms with Gasteiger partial charge in [-0.1, -0.05) is 23.7 Å². The third kappa shape index (κ3) is 3.97. The van der Waals surface area contributed by atoms with Gasteiger partial charge in [-0.3, -0.25) is 14.5 Å². The van der Waals surface area contributed by atoms with Crippen molar-refractivity contribution in [1.29, 1.82) is 0 Å². The van der Waals surface area contributed by atoms with Crippen LogP contribution in [0.2, 0.25) is 5.02 Å². The second kappa shape index (κ2) is 8.85. The SMILES string of the molecule is CCOc1ccc(C2/C(=C(\O)c3ccc(F)cc3)C(=O)C(=O)N2c2ccc(Cl)cc2)cc1. The maximum atomic E-state index is 13.4. The number of nitrogens with zero attached hydrogens (tertiary/aromatic N) is 1. The van der Waals surface area contributed by atoms with Crippen LogP contribution in [0.5, 0.6) is 5.75 Å². The number of ketones is 1. The maximum Gasteiger partial charge on any atom is 0.300 e. The van der Waals surface area contributed by atoms with E-state index in [2.05, 4.69) is 0 Å². The van der Waals surface area contributed by atoms with Crippen LogP contribution in [0.3, 0.4) is 0 Å². The molecule has 1 amide bonds. The van der Waals surface area contributed by atoms with Crippen LogP contribution >= 0.6 is 11.6 Å². The van der Waals surface area contributed by atoms with Gasteiger partial charge in [0.25, 0.3) is 11.7 Å². The molecule has 1 N–H and O–H groups in total. The van der Waals surface area contributed by atoms with Gasteiger partial charge >= 0.3 is 0 Å². The van der Waals surface area contributed by atoms with Gasteiger partial charge in [-0.25, -0.2) is 4.39 Å². The number of halogens is 2. The Balaban J connectivity index is 1.89. The predicted molar refractivity (Wildman–Crippen MR) is 120 cm³/mol. The summed E-state index contributed by atoms with van der Waals surface area (Å²) < 4.78 is 18.9. The standard InChI is InChI=1S/C25H19ClFNO4/c1-2-32-20-13-5-15(6-14-20)22-21(23(29)16-3-9-18(27)10-4-16)24(30)25(31)28(22)19-11-7-17(26)8-12-19/h3-14,22,29H,2H2,1H3/b23-21+. The quantitative estimate of drug-likeness (QED) is 0.316. The van der Waals surface area contributed by atoms with Gasteiger partial charge in [0, 0.05) is 16.3 Å². The Labute approximate surface area is 189 Å². The van der Waals surface area contributed by atoms with Crippen LogP contribution in [0.25, 0.3) is 5.76 Å². The molecule has 1 heterocycles. The van der Waals surface area contributed by atoms with E-state index in [1.54, 1.807) is 48.5 Å². The number of carbonyl (C=O) groups is 2. The molecule has 1 saturated heterocycles. The Morgan fingerprint density at radius 2 is 1.62 bits per heavy atom. The lowest BCUT2D eigenvalue weighted by molar-refractivity contribution is -0.132. The van der Waals surface area contributed by atoms with Gasteiger partial charge in [0.15, 0.2) is 0 Å². The topological polar surface area (TPSA) is 66.8 Å². The van der Waals surface area contributed by atoms with Crippen LogP contribution in [0.4, 0.5) is 10.1 Å². The summed E-state index contributed by atoms with van der Waals surface area (Å²) in [5, 5.41) is 11.5. The van der Waals surface area contributed by atoms with Crippen molar-refractivity contribution in [2.24, 2.45) is 0 Å². The van der Waals surface area contributed by atoms with E-state index in [4.69, 9.17) is 16.3 Å². The molecule has 162 valence electrons. The molecule has 1 aliphatic rings. The van der Waals surface area contributed by atoms with Crippen LogP contribution in [0, 0.1) is 5.82 Å². The van der Waals surface area contributed by atoms with E-state index in [0.717, 1.165) is 0 Å². The van der Waals surface area contributed by atoms with E-state index < -0.39 is 23.5 Å². The number of anilines is 1. The third-order valence-corrected chi connectivity index (χ3v) is 5.43. The molecule has 5 nitrogen and oxygen atoms in total. The second-order valence-electron chi connectivity index (χ2n) is 7.15. The van der Waals surface area contributed by atoms with E-state index in [1.807, 2.05) is 6.92 Å². The highest BCUT2D eigenvalue weighted by molar-refractivity contribution is 6.51. The lowest BCUT2D eigenvalue weighted by Gasteiger charge is -2.25. The fraction of sp³-hybridized carbons (Fsp3) is 0.120. The Bertz CT molecular complexity index is 1190. The molecule has 0 aromatic heterocycles. The van der Waals surface area contributed by atoms with Crippen molar-refractivity contribution in [2.45, 2.75) is 13.0 Å². The van der Waals surface area contributed by atoms with Gasteiger partial charge in [0.2, 0.25) is 0 Å². The molecule has 0 spiro atoms. The summed E-state index contributed by atoms with van der Waals surface area (Å²) in [6, 6.07) is 17.6. The lowest BCUT2D eigenvalue weighted by Crippen LogP contribution is -2.29. The van der Waals surface area contributed by atoms with Gasteiger partial charge in [0.1, 0.15) is 17.3 Å². The van der Waals surface area contributed by atoms with E-state index in [0.29, 0.717) is 28.6 Å². The Morgan fingerprint density at radius 3 is 2.22 bits per heavy atom. The molecule has 32 heavy (non-hydrogen) atoms. The van der Waals surface area contributed by atoms with Crippen molar-refractivity contribution in [1.82, 2.24) is 0 Å². The normalized spacial score (nSPS) is 17.6. The van der Waals surface area contributed by atoms with Gasteiger partial charge in [-0.05, 0) is 73.2 Å². The number of amides is 1. The Kier molecular flexibility index (Phi) is 5.97. The van der Waals surface area contributed by atoms with E-state index >= 15 is 0 Å². The zero-order valence-electron chi connectivity index (χ0n) is 17.1. The summed E-state index contributed by atoms with van der Waals surface area (Å²) in [5.74, 6) is -1.83. The third-order valence-electron chi connectivity index (χ3n) is 5.17. The number of aliphatic hydroxyl groups excluding tert-OH is 1. The lowest BCUT2D eigenvalue weighted by atomic mass is 9.95. The number of hydrogen-bond donors (Lipinski definition) is 1. The molecule has 1 fully saturated rings. The van der Waals surface area contributed by atoms with Crippen LogP contribution in [0.15, 0.2) is 78.4 Å². The molecule has 4 rings (SSSR count). The average molecular weight is 452 g/mol. The second-order valence-corrected chi connectivity index (χ2v) is 7.59. The minimum Gasteiger partial charge on any atom is -0.507 e. The van der Waals surface area contributed by atoms with Crippen molar-refractivity contribution >= 4 is 34.7 Å². The zero-order valence-corrected chi connectivity index (χ0v) is 17.8. The summed E-state index contributed by atoms with van der Waals surface area (Å²) in [5.41, 5.74) is 1.21. The molecule has 1 unspecified atom stereocenters. The molecule has 3 aromatic carbocycles. The molecule has 7 heteroatoms. The van der Waals surface area contributed by atoms with E-state index in [1.165, 1.54) is 29.2 Å². The first-order chi connectivity index (χ1) is 15.4. The summed E-state index contributed by atoms with van der Waals surface area (Å²) in [6.07, 6.45) is 0. The first kappa shape index (κ1) is 21.6. The largest absolute Gasteiger partial charge is 0.507 e. The molecule has 0 radical (unpaired) electrons. The van der Waals surface area contributed by atoms with Crippen molar-refractivity contribution in [2.75, 3.05) is 11.5 Å². The maximum absolute atomic E-state index is 13.4. The summed E-state index contributed by atoms with van der Waals surface area (Å²) in [7, 11) is 0. The fourth-order valence-electron chi connectivity index (χ4n) is 3.69. The Morgan fingerprint density at radius 1 is 1.00 bits per heavy atom. The molecular formula is C25H19ClFNO4. The number of hydrogen-bond acceptors (Lipinski definition) is 4. The number of Topliss-reactive ketones (excluding diaryl/α,β-unsaturated/α-hetero) is 1. The minimum atomic E-state index is -0.892. The first-order valence-corrected chi connectivity index (χ1v) is 10.3. The molecule has 1 atom stereocenters. The van der Waals surface area contributed by atoms with Crippen LogP contribution in [-0.2, 0) is 9.59 Å². The van der Waals surface area contributed by atoms with Crippen LogP contribution < -0.4 is 9.64 Å². The van der Waals surface area contributed by atoms with Crippen molar-refractivity contribution < 1.29 is 23.8 Å². The predicted octanol–water partition coefficient (Wildman–Crippen LogP) is 5.50. The molecular weight excluding hydrogens is 433 g/mol. The smallest absolute Gasteiger partial charge is 0.300 e. The van der Waals surface area contributed by atoms with Crippen LogP contribution in [-0.4, -0.2) is 23.4 Å². The van der Waals surface area contributed by atoms with Gasteiger partial charge in [0.05, 0.1) is 18.2 Å². The molecule has 0 bridgehead atoms. The highest BCUT2D eigenvalue weighted by Crippen LogP contribution is 2.42. The van der Waals surface area contributed by atoms with Gasteiger partial charge < -0.3 is 9.84 Å². The Hall–Kier alpha value is -3.64. The highest BCUT2D eigenvalue weighted by atomic mass is 35.5. The zero-order chi connectivity index (χ0) is 22.8. The van der Waals surface area contributed by atoms with Gasteiger partial charge in [-0.15, -0.1) is 0 Å². The van der Waals surface area contributed by atoms with Crippen LogP contribution in [0.1, 0.15) is 24.1 Å². The van der Waals surface area contributed by atoms with E-state index in [-0.39, 0.29) is 16.9 Å². The fourth-order valence-corrected chi connectivity index (χ4v) is 3.82. The van der Waals surface area contributed by atoms with Crippen molar-refractivity contribution in [3.63, 3.8) is 0 Å². The summed E-state index contributed by atoms with van der Waals surface area (Å²) >= 11 is 5.99. The summed E-state index contributed by atoms with van der Waals surface area (Å²) in [6.45, 7) is 2.36. The first-order valence-electron chi connectivity index (χ1n) is 9.96. The molecule has 0 aliphatic carbocycles. The number of ether oxygens (including phenoxy) is 1. The molecule has 1 aliphatic heterocycles. The average Bonchev–Trinajstić information content (AvgIpc) is 3.06. The minimum absolute atomic E-state index is 0.0827. The number of aliphatic hydroxyl groups is 1.